The topological polar surface area (TPSA) is 67.6 Å². The highest BCUT2D eigenvalue weighted by molar-refractivity contribution is 5.79. The Balaban J connectivity index is 2.77. The van der Waals surface area contributed by atoms with E-state index in [1.54, 1.807) is 18.1 Å². The number of nitrogens with zero attached hydrogens (tertiary/aromatic N) is 1. The Kier molecular flexibility index (Phi) is 7.11. The van der Waals surface area contributed by atoms with Gasteiger partial charge in [0.25, 0.3) is 0 Å². The highest BCUT2D eigenvalue weighted by Crippen LogP contribution is 2.22. The van der Waals surface area contributed by atoms with E-state index in [-0.39, 0.29) is 18.4 Å². The lowest BCUT2D eigenvalue weighted by molar-refractivity contribution is -0.116. The number of ether oxygens (including phenoxy) is 1. The number of hydrogen-bond acceptors (Lipinski definition) is 4. The van der Waals surface area contributed by atoms with Crippen LogP contribution in [0.2, 0.25) is 0 Å². The maximum absolute atomic E-state index is 14.2. The maximum atomic E-state index is 14.2. The summed E-state index contributed by atoms with van der Waals surface area (Å²) in [6.07, 6.45) is 0. The Morgan fingerprint density at radius 3 is 2.71 bits per heavy atom. The van der Waals surface area contributed by atoms with Crippen LogP contribution in [0.15, 0.2) is 18.2 Å². The van der Waals surface area contributed by atoms with Crippen molar-refractivity contribution in [2.75, 3.05) is 31.7 Å². The third kappa shape index (κ3) is 5.69. The van der Waals surface area contributed by atoms with Gasteiger partial charge in [0, 0.05) is 26.2 Å². The van der Waals surface area contributed by atoms with Crippen molar-refractivity contribution in [3.8, 4) is 0 Å². The Morgan fingerprint density at radius 2 is 2.19 bits per heavy atom. The number of nitrogens with one attached hydrogen (secondary N) is 1. The third-order valence-electron chi connectivity index (χ3n) is 3.08. The molecule has 0 aliphatic carbocycles. The van der Waals surface area contributed by atoms with Gasteiger partial charge >= 0.3 is 0 Å². The van der Waals surface area contributed by atoms with Crippen molar-refractivity contribution >= 4 is 11.6 Å². The Bertz CT molecular complexity index is 466. The molecule has 1 aromatic rings. The van der Waals surface area contributed by atoms with Crippen molar-refractivity contribution in [1.82, 2.24) is 5.32 Å². The average Bonchev–Trinajstić information content (AvgIpc) is 2.41. The summed E-state index contributed by atoms with van der Waals surface area (Å²) < 4.78 is 19.2. The normalized spacial score (nSPS) is 10.9. The zero-order valence-corrected chi connectivity index (χ0v) is 12.9. The predicted octanol–water partition coefficient (Wildman–Crippen LogP) is 1.26. The summed E-state index contributed by atoms with van der Waals surface area (Å²) in [5.74, 6) is -0.829. The molecule has 0 heterocycles. The van der Waals surface area contributed by atoms with Gasteiger partial charge < -0.3 is 20.7 Å². The van der Waals surface area contributed by atoms with Crippen LogP contribution in [0.4, 0.5) is 10.1 Å². The van der Waals surface area contributed by atoms with Crippen LogP contribution in [-0.2, 0) is 16.1 Å². The molecular weight excluding hydrogens is 273 g/mol. The molecule has 0 aliphatic rings. The van der Waals surface area contributed by atoms with Crippen LogP contribution in [0, 0.1) is 5.82 Å². The van der Waals surface area contributed by atoms with Crippen LogP contribution >= 0.6 is 0 Å². The minimum Gasteiger partial charge on any atom is -0.383 e. The van der Waals surface area contributed by atoms with E-state index in [0.29, 0.717) is 25.4 Å². The van der Waals surface area contributed by atoms with Crippen molar-refractivity contribution in [3.63, 3.8) is 0 Å². The summed E-state index contributed by atoms with van der Waals surface area (Å²) in [6.45, 7) is 5.67. The number of hydrogen-bond donors (Lipinski definition) is 2. The average molecular weight is 297 g/mol. The smallest absolute Gasteiger partial charge is 0.236 e. The monoisotopic (exact) mass is 297 g/mol. The molecule has 0 fully saturated rings. The Morgan fingerprint density at radius 1 is 1.48 bits per heavy atom. The molecule has 0 atom stereocenters. The molecule has 3 N–H and O–H groups in total. The lowest BCUT2D eigenvalue weighted by Gasteiger charge is -2.28. The van der Waals surface area contributed by atoms with Gasteiger partial charge in [0.15, 0.2) is 0 Å². The van der Waals surface area contributed by atoms with Crippen molar-refractivity contribution < 1.29 is 13.9 Å². The molecule has 0 radical (unpaired) electrons. The number of nitrogens with two attached hydrogens (primary N) is 1. The second-order valence-electron chi connectivity index (χ2n) is 5.14. The molecule has 1 amide bonds. The van der Waals surface area contributed by atoms with Crippen molar-refractivity contribution in [2.24, 2.45) is 5.73 Å². The molecule has 1 aromatic carbocycles. The van der Waals surface area contributed by atoms with E-state index < -0.39 is 5.91 Å². The maximum Gasteiger partial charge on any atom is 0.236 e. The van der Waals surface area contributed by atoms with Crippen LogP contribution in [0.3, 0.4) is 0 Å². The number of amides is 1. The first-order valence-corrected chi connectivity index (χ1v) is 6.98. The largest absolute Gasteiger partial charge is 0.383 e. The second kappa shape index (κ2) is 8.59. The van der Waals surface area contributed by atoms with Crippen molar-refractivity contribution in [2.45, 2.75) is 26.4 Å². The highest BCUT2D eigenvalue weighted by atomic mass is 19.1. The van der Waals surface area contributed by atoms with E-state index in [0.717, 1.165) is 5.56 Å². The molecule has 0 aliphatic heterocycles. The van der Waals surface area contributed by atoms with Gasteiger partial charge in [-0.2, -0.15) is 0 Å². The number of carbonyl (C=O) groups excluding carboxylic acids is 1. The van der Waals surface area contributed by atoms with E-state index in [4.69, 9.17) is 10.5 Å². The number of carbonyl (C=O) groups is 1. The van der Waals surface area contributed by atoms with Crippen LogP contribution in [0.1, 0.15) is 19.4 Å². The lowest BCUT2D eigenvalue weighted by Crippen LogP contribution is -2.39. The summed E-state index contributed by atoms with van der Waals surface area (Å²) in [4.78, 5) is 12.8. The fraction of sp³-hybridized carbons (Fsp3) is 0.533. The van der Waals surface area contributed by atoms with Crippen LogP contribution in [-0.4, -0.2) is 38.8 Å². The van der Waals surface area contributed by atoms with E-state index in [9.17, 15) is 9.18 Å². The van der Waals surface area contributed by atoms with Crippen molar-refractivity contribution in [3.05, 3.63) is 29.6 Å². The molecule has 0 unspecified atom stereocenters. The minimum absolute atomic E-state index is 0.0000220. The van der Waals surface area contributed by atoms with Crippen LogP contribution < -0.4 is 16.0 Å². The number of rotatable bonds is 9. The quantitative estimate of drug-likeness (QED) is 0.673. The third-order valence-corrected chi connectivity index (χ3v) is 3.08. The number of primary amides is 1. The highest BCUT2D eigenvalue weighted by Gasteiger charge is 2.17. The van der Waals surface area contributed by atoms with Gasteiger partial charge in [-0.3, -0.25) is 4.79 Å². The Labute approximate surface area is 125 Å². The van der Waals surface area contributed by atoms with Gasteiger partial charge in [-0.25, -0.2) is 4.39 Å². The first kappa shape index (κ1) is 17.4. The van der Waals surface area contributed by atoms with Gasteiger partial charge in [-0.05, 0) is 31.5 Å². The molecule has 0 bridgehead atoms. The van der Waals surface area contributed by atoms with Crippen LogP contribution in [0.5, 0.6) is 0 Å². The number of benzene rings is 1. The van der Waals surface area contributed by atoms with Gasteiger partial charge in [-0.1, -0.05) is 6.07 Å². The molecule has 5 nitrogen and oxygen atoms in total. The molecule has 0 spiro atoms. The van der Waals surface area contributed by atoms with Gasteiger partial charge in [0.1, 0.15) is 5.82 Å². The number of anilines is 1. The number of halogens is 1. The van der Waals surface area contributed by atoms with Crippen LogP contribution in [0.25, 0.3) is 0 Å². The molecule has 0 saturated heterocycles. The molecule has 0 saturated carbocycles. The molecule has 6 heteroatoms. The molecular formula is C15H24FN3O2. The summed E-state index contributed by atoms with van der Waals surface area (Å²) in [5, 5.41) is 3.15. The standard InChI is InChI=1S/C15H24FN3O2/c1-11(2)19(10-15(17)20)14-5-4-12(8-13(14)16)9-18-6-7-21-3/h4-5,8,11,18H,6-7,9-10H2,1-3H3,(H2,17,20). The number of methoxy groups -OCH3 is 1. The second-order valence-corrected chi connectivity index (χ2v) is 5.14. The first-order chi connectivity index (χ1) is 9.95. The van der Waals surface area contributed by atoms with E-state index in [1.165, 1.54) is 6.07 Å². The SMILES string of the molecule is COCCNCc1ccc(N(CC(N)=O)C(C)C)c(F)c1. The predicted molar refractivity (Wildman–Crippen MR) is 81.7 cm³/mol. The molecule has 1 rings (SSSR count). The summed E-state index contributed by atoms with van der Waals surface area (Å²) in [7, 11) is 1.63. The van der Waals surface area contributed by atoms with Crippen molar-refractivity contribution in [1.29, 1.82) is 0 Å². The zero-order valence-electron chi connectivity index (χ0n) is 12.9. The summed E-state index contributed by atoms with van der Waals surface area (Å²) >= 11 is 0. The molecule has 21 heavy (non-hydrogen) atoms. The van der Waals surface area contributed by atoms with Gasteiger partial charge in [0.2, 0.25) is 5.91 Å². The molecule has 118 valence electrons. The fourth-order valence-corrected chi connectivity index (χ4v) is 2.01. The van der Waals surface area contributed by atoms with Gasteiger partial charge in [0.05, 0.1) is 18.8 Å². The van der Waals surface area contributed by atoms with E-state index >= 15 is 0 Å². The lowest BCUT2D eigenvalue weighted by atomic mass is 10.1. The fourth-order valence-electron chi connectivity index (χ4n) is 2.01. The van der Waals surface area contributed by atoms with Gasteiger partial charge in [-0.15, -0.1) is 0 Å². The minimum atomic E-state index is -0.478. The summed E-state index contributed by atoms with van der Waals surface area (Å²) in [5.41, 5.74) is 6.45. The zero-order chi connectivity index (χ0) is 15.8. The first-order valence-electron chi connectivity index (χ1n) is 6.98. The van der Waals surface area contributed by atoms with E-state index in [1.807, 2.05) is 19.9 Å². The van der Waals surface area contributed by atoms with E-state index in [2.05, 4.69) is 5.32 Å². The Hall–Kier alpha value is -1.66. The molecule has 0 aromatic heterocycles. The summed E-state index contributed by atoms with van der Waals surface area (Å²) in [6, 6.07) is 4.99.